The van der Waals surface area contributed by atoms with Gasteiger partial charge in [-0.2, -0.15) is 5.10 Å². The number of aromatic nitrogens is 3. The molecule has 0 aliphatic heterocycles. The SMILES string of the molecule is CCn1nc(C)c(CCNC(=O)c2cc3cc(OC)ccc3n2C)c1C. The number of carbonyl (C=O) groups is 1. The molecule has 0 saturated heterocycles. The highest BCUT2D eigenvalue weighted by Gasteiger charge is 2.15. The number of nitrogens with zero attached hydrogens (tertiary/aromatic N) is 3. The van der Waals surface area contributed by atoms with Crippen molar-refractivity contribution in [1.29, 1.82) is 0 Å². The van der Waals surface area contributed by atoms with Gasteiger partial charge >= 0.3 is 0 Å². The van der Waals surface area contributed by atoms with Crippen molar-refractivity contribution in [2.75, 3.05) is 13.7 Å². The summed E-state index contributed by atoms with van der Waals surface area (Å²) < 4.78 is 9.18. The molecule has 0 atom stereocenters. The smallest absolute Gasteiger partial charge is 0.267 e. The van der Waals surface area contributed by atoms with E-state index in [9.17, 15) is 4.79 Å². The summed E-state index contributed by atoms with van der Waals surface area (Å²) in [5.41, 5.74) is 5.08. The fraction of sp³-hybridized carbons (Fsp3) is 0.400. The Hall–Kier alpha value is -2.76. The Kier molecular flexibility index (Phi) is 5.02. The lowest BCUT2D eigenvalue weighted by Gasteiger charge is -2.07. The average Bonchev–Trinajstić information content (AvgIpc) is 3.11. The van der Waals surface area contributed by atoms with Crippen molar-refractivity contribution in [2.45, 2.75) is 33.7 Å². The Bertz CT molecular complexity index is 953. The molecule has 0 radical (unpaired) electrons. The molecule has 0 aliphatic carbocycles. The predicted molar refractivity (Wildman–Crippen MR) is 103 cm³/mol. The lowest BCUT2D eigenvalue weighted by molar-refractivity contribution is 0.0946. The first-order valence-corrected chi connectivity index (χ1v) is 8.90. The molecule has 138 valence electrons. The van der Waals surface area contributed by atoms with Crippen LogP contribution in [0.4, 0.5) is 0 Å². The van der Waals surface area contributed by atoms with Crippen molar-refractivity contribution in [2.24, 2.45) is 7.05 Å². The minimum atomic E-state index is -0.0687. The van der Waals surface area contributed by atoms with Gasteiger partial charge in [0.1, 0.15) is 11.4 Å². The average molecular weight is 354 g/mol. The first kappa shape index (κ1) is 18.0. The van der Waals surface area contributed by atoms with E-state index in [4.69, 9.17) is 4.74 Å². The fourth-order valence-electron chi connectivity index (χ4n) is 3.47. The van der Waals surface area contributed by atoms with E-state index in [-0.39, 0.29) is 5.91 Å². The third-order valence-electron chi connectivity index (χ3n) is 4.97. The third kappa shape index (κ3) is 3.19. The second kappa shape index (κ2) is 7.23. The van der Waals surface area contributed by atoms with E-state index in [1.54, 1.807) is 7.11 Å². The molecule has 1 amide bonds. The molecule has 2 heterocycles. The number of aryl methyl sites for hydroxylation is 3. The number of carbonyl (C=O) groups excluding carboxylic acids is 1. The topological polar surface area (TPSA) is 61.1 Å². The van der Waals surface area contributed by atoms with Crippen LogP contribution in [0.2, 0.25) is 0 Å². The highest BCUT2D eigenvalue weighted by molar-refractivity contribution is 5.99. The molecule has 3 aromatic rings. The van der Waals surface area contributed by atoms with Gasteiger partial charge in [-0.25, -0.2) is 0 Å². The largest absolute Gasteiger partial charge is 0.497 e. The summed E-state index contributed by atoms with van der Waals surface area (Å²) in [6, 6.07) is 7.72. The standard InChI is InChI=1S/C20H26N4O2/c1-6-24-14(3)17(13(2)22-24)9-10-21-20(25)19-12-15-11-16(26-5)7-8-18(15)23(19)4/h7-8,11-12H,6,9-10H2,1-5H3,(H,21,25). The van der Waals surface area contributed by atoms with Crippen LogP contribution in [0.25, 0.3) is 10.9 Å². The van der Waals surface area contributed by atoms with Gasteiger partial charge < -0.3 is 14.6 Å². The molecule has 2 aromatic heterocycles. The lowest BCUT2D eigenvalue weighted by Crippen LogP contribution is -2.27. The van der Waals surface area contributed by atoms with Gasteiger partial charge in [0.15, 0.2) is 0 Å². The van der Waals surface area contributed by atoms with Crippen LogP contribution in [0.15, 0.2) is 24.3 Å². The monoisotopic (exact) mass is 354 g/mol. The molecule has 0 aliphatic rings. The number of amides is 1. The van der Waals surface area contributed by atoms with Crippen molar-refractivity contribution in [1.82, 2.24) is 19.7 Å². The van der Waals surface area contributed by atoms with E-state index in [1.165, 1.54) is 11.3 Å². The summed E-state index contributed by atoms with van der Waals surface area (Å²) >= 11 is 0. The Labute approximate surface area is 153 Å². The zero-order valence-corrected chi connectivity index (χ0v) is 16.1. The van der Waals surface area contributed by atoms with Gasteiger partial charge in [-0.3, -0.25) is 9.48 Å². The van der Waals surface area contributed by atoms with Gasteiger partial charge in [-0.05, 0) is 57.0 Å². The van der Waals surface area contributed by atoms with E-state index in [0.29, 0.717) is 12.2 Å². The molecule has 0 unspecified atom stereocenters. The van der Waals surface area contributed by atoms with Gasteiger partial charge in [0.25, 0.3) is 5.91 Å². The maximum absolute atomic E-state index is 12.6. The van der Waals surface area contributed by atoms with E-state index in [0.717, 1.165) is 35.3 Å². The Balaban J connectivity index is 1.72. The molecule has 1 N–H and O–H groups in total. The Morgan fingerprint density at radius 2 is 2.04 bits per heavy atom. The molecule has 0 spiro atoms. The maximum Gasteiger partial charge on any atom is 0.267 e. The van der Waals surface area contributed by atoms with Crippen LogP contribution >= 0.6 is 0 Å². The molecular weight excluding hydrogens is 328 g/mol. The van der Waals surface area contributed by atoms with E-state index in [1.807, 2.05) is 47.5 Å². The zero-order valence-electron chi connectivity index (χ0n) is 16.1. The van der Waals surface area contributed by atoms with Gasteiger partial charge in [0.05, 0.1) is 12.8 Å². The first-order chi connectivity index (χ1) is 12.5. The van der Waals surface area contributed by atoms with Crippen LogP contribution in [0.5, 0.6) is 5.75 Å². The molecule has 0 fully saturated rings. The van der Waals surface area contributed by atoms with Gasteiger partial charge in [-0.15, -0.1) is 0 Å². The maximum atomic E-state index is 12.6. The van der Waals surface area contributed by atoms with E-state index in [2.05, 4.69) is 24.3 Å². The number of fused-ring (bicyclic) bond motifs is 1. The van der Waals surface area contributed by atoms with Crippen molar-refractivity contribution < 1.29 is 9.53 Å². The predicted octanol–water partition coefficient (Wildman–Crippen LogP) is 2.99. The highest BCUT2D eigenvalue weighted by Crippen LogP contribution is 2.23. The summed E-state index contributed by atoms with van der Waals surface area (Å²) in [4.78, 5) is 12.6. The molecule has 0 bridgehead atoms. The second-order valence-corrected chi connectivity index (χ2v) is 6.48. The minimum absolute atomic E-state index is 0.0687. The van der Waals surface area contributed by atoms with Crippen LogP contribution in [-0.4, -0.2) is 33.9 Å². The summed E-state index contributed by atoms with van der Waals surface area (Å²) in [7, 11) is 3.55. The van der Waals surface area contributed by atoms with Crippen molar-refractivity contribution in [3.05, 3.63) is 46.9 Å². The number of ether oxygens (including phenoxy) is 1. The van der Waals surface area contributed by atoms with Crippen LogP contribution in [-0.2, 0) is 20.0 Å². The number of nitrogens with one attached hydrogen (secondary N) is 1. The van der Waals surface area contributed by atoms with E-state index < -0.39 is 0 Å². The van der Waals surface area contributed by atoms with Gasteiger partial charge in [-0.1, -0.05) is 0 Å². The van der Waals surface area contributed by atoms with E-state index >= 15 is 0 Å². The van der Waals surface area contributed by atoms with Gasteiger partial charge in [0, 0.05) is 36.7 Å². The quantitative estimate of drug-likeness (QED) is 0.740. The van der Waals surface area contributed by atoms with Crippen LogP contribution in [0.1, 0.15) is 34.4 Å². The molecule has 26 heavy (non-hydrogen) atoms. The molecule has 1 aromatic carbocycles. The summed E-state index contributed by atoms with van der Waals surface area (Å²) in [5, 5.41) is 8.56. The minimum Gasteiger partial charge on any atom is -0.497 e. The lowest BCUT2D eigenvalue weighted by atomic mass is 10.1. The Morgan fingerprint density at radius 3 is 2.69 bits per heavy atom. The Morgan fingerprint density at radius 1 is 1.27 bits per heavy atom. The number of hydrogen-bond donors (Lipinski definition) is 1. The van der Waals surface area contributed by atoms with Crippen LogP contribution in [0, 0.1) is 13.8 Å². The highest BCUT2D eigenvalue weighted by atomic mass is 16.5. The van der Waals surface area contributed by atoms with Crippen molar-refractivity contribution in [3.8, 4) is 5.75 Å². The zero-order chi connectivity index (χ0) is 18.8. The molecular formula is C20H26N4O2. The van der Waals surface area contributed by atoms with Crippen molar-refractivity contribution >= 4 is 16.8 Å². The fourth-order valence-corrected chi connectivity index (χ4v) is 3.47. The molecule has 0 saturated carbocycles. The first-order valence-electron chi connectivity index (χ1n) is 8.90. The second-order valence-electron chi connectivity index (χ2n) is 6.48. The molecule has 3 rings (SSSR count). The third-order valence-corrected chi connectivity index (χ3v) is 4.97. The normalized spacial score (nSPS) is 11.1. The van der Waals surface area contributed by atoms with Crippen LogP contribution < -0.4 is 10.1 Å². The summed E-state index contributed by atoms with van der Waals surface area (Å²) in [6.45, 7) is 7.63. The molecule has 6 heteroatoms. The van der Waals surface area contributed by atoms with Gasteiger partial charge in [0.2, 0.25) is 0 Å². The van der Waals surface area contributed by atoms with Crippen LogP contribution in [0.3, 0.4) is 0 Å². The number of rotatable bonds is 6. The number of methoxy groups -OCH3 is 1. The van der Waals surface area contributed by atoms with Crippen molar-refractivity contribution in [3.63, 3.8) is 0 Å². The number of benzene rings is 1. The summed E-state index contributed by atoms with van der Waals surface area (Å²) in [5.74, 6) is 0.717. The number of hydrogen-bond acceptors (Lipinski definition) is 3. The molecule has 6 nitrogen and oxygen atoms in total. The summed E-state index contributed by atoms with van der Waals surface area (Å²) in [6.07, 6.45) is 0.779.